The summed E-state index contributed by atoms with van der Waals surface area (Å²) in [4.78, 5) is 21.6. The fourth-order valence-electron chi connectivity index (χ4n) is 1.41. The van der Waals surface area contributed by atoms with Gasteiger partial charge in [0.2, 0.25) is 11.7 Å². The van der Waals surface area contributed by atoms with E-state index in [1.165, 1.54) is 18.2 Å². The van der Waals surface area contributed by atoms with Crippen molar-refractivity contribution < 1.29 is 14.4 Å². The number of aromatic nitrogens is 3. The normalized spacial score (nSPS) is 10.2. The molecule has 0 aliphatic heterocycles. The predicted molar refractivity (Wildman–Crippen MR) is 73.6 cm³/mol. The van der Waals surface area contributed by atoms with Crippen molar-refractivity contribution in [3.8, 4) is 17.8 Å². The molecule has 1 aromatic heterocycles. The average molecular weight is 312 g/mol. The van der Waals surface area contributed by atoms with Gasteiger partial charge in [0.1, 0.15) is 0 Å². The zero-order valence-electron chi connectivity index (χ0n) is 10.8. The van der Waals surface area contributed by atoms with E-state index in [0.717, 1.165) is 0 Å². The number of nitrogens with zero attached hydrogens (tertiary/aromatic N) is 4. The molecular weight excluding hydrogens is 302 g/mol. The Hall–Kier alpha value is -2.68. The van der Waals surface area contributed by atoms with Gasteiger partial charge >= 0.3 is 17.7 Å². The van der Waals surface area contributed by atoms with E-state index in [-0.39, 0.29) is 34.4 Å². The van der Waals surface area contributed by atoms with E-state index in [0.29, 0.717) is 6.61 Å². The highest BCUT2D eigenvalue weighted by Gasteiger charge is 2.18. The van der Waals surface area contributed by atoms with Crippen molar-refractivity contribution in [3.05, 3.63) is 33.3 Å². The summed E-state index contributed by atoms with van der Waals surface area (Å²) >= 11 is 5.79. The highest BCUT2D eigenvalue weighted by atomic mass is 35.5. The summed E-state index contributed by atoms with van der Waals surface area (Å²) in [7, 11) is 0. The van der Waals surface area contributed by atoms with Crippen molar-refractivity contribution in [2.45, 2.75) is 6.92 Å². The monoisotopic (exact) mass is 311 g/mol. The minimum Gasteiger partial charge on any atom is -0.464 e. The second kappa shape index (κ2) is 6.18. The highest BCUT2D eigenvalue weighted by molar-refractivity contribution is 6.30. The number of nitrogens with two attached hydrogens (primary N) is 1. The maximum absolute atomic E-state index is 10.9. The van der Waals surface area contributed by atoms with Crippen LogP contribution in [0.3, 0.4) is 0 Å². The van der Waals surface area contributed by atoms with Crippen molar-refractivity contribution in [2.75, 3.05) is 12.3 Å². The molecule has 0 aliphatic rings. The molecule has 0 radical (unpaired) electrons. The molecule has 0 saturated heterocycles. The summed E-state index contributed by atoms with van der Waals surface area (Å²) in [5.74, 6) is -0.242. The van der Waals surface area contributed by atoms with Crippen LogP contribution in [0.2, 0.25) is 5.02 Å². The van der Waals surface area contributed by atoms with Gasteiger partial charge in [0.15, 0.2) is 0 Å². The first kappa shape index (κ1) is 14.7. The van der Waals surface area contributed by atoms with Crippen LogP contribution < -0.4 is 15.2 Å². The van der Waals surface area contributed by atoms with E-state index in [1.807, 2.05) is 0 Å². The van der Waals surface area contributed by atoms with Crippen LogP contribution in [0.25, 0.3) is 0 Å². The quantitative estimate of drug-likeness (QED) is 0.657. The third kappa shape index (κ3) is 3.66. The zero-order valence-corrected chi connectivity index (χ0v) is 11.6. The van der Waals surface area contributed by atoms with Crippen LogP contribution in [0.4, 0.5) is 11.6 Å². The summed E-state index contributed by atoms with van der Waals surface area (Å²) in [5.41, 5.74) is 5.21. The van der Waals surface area contributed by atoms with E-state index >= 15 is 0 Å². The van der Waals surface area contributed by atoms with Crippen LogP contribution in [-0.4, -0.2) is 26.5 Å². The van der Waals surface area contributed by atoms with E-state index in [2.05, 4.69) is 15.0 Å². The van der Waals surface area contributed by atoms with Crippen LogP contribution in [0, 0.1) is 10.1 Å². The van der Waals surface area contributed by atoms with Crippen molar-refractivity contribution in [3.63, 3.8) is 0 Å². The molecule has 9 nitrogen and oxygen atoms in total. The van der Waals surface area contributed by atoms with Gasteiger partial charge < -0.3 is 15.2 Å². The molecular formula is C11H10ClN5O4. The molecule has 0 aliphatic carbocycles. The average Bonchev–Trinajstić information content (AvgIpc) is 2.38. The van der Waals surface area contributed by atoms with Crippen LogP contribution >= 0.6 is 11.6 Å². The van der Waals surface area contributed by atoms with Gasteiger partial charge in [-0.05, 0) is 13.0 Å². The Balaban J connectivity index is 2.37. The number of anilines is 1. The number of nitro benzene ring substituents is 1. The number of ether oxygens (including phenoxy) is 2. The fourth-order valence-corrected chi connectivity index (χ4v) is 1.57. The van der Waals surface area contributed by atoms with Gasteiger partial charge in [-0.1, -0.05) is 11.6 Å². The standard InChI is InChI=1S/C11H10ClN5O4/c1-2-20-10-14-9(13)15-11(16-10)21-8-5-6(12)3-4-7(8)17(18)19/h3-5H,2H2,1H3,(H2,13,14,15,16). The number of hydrogen-bond donors (Lipinski definition) is 1. The lowest BCUT2D eigenvalue weighted by molar-refractivity contribution is -0.385. The first-order chi connectivity index (χ1) is 9.99. The third-order valence-electron chi connectivity index (χ3n) is 2.20. The van der Waals surface area contributed by atoms with Crippen molar-refractivity contribution >= 4 is 23.2 Å². The Bertz CT molecular complexity index is 682. The van der Waals surface area contributed by atoms with E-state index in [4.69, 9.17) is 26.8 Å². The number of nitro groups is 1. The first-order valence-electron chi connectivity index (χ1n) is 5.75. The largest absolute Gasteiger partial charge is 0.464 e. The molecule has 10 heteroatoms. The molecule has 110 valence electrons. The Morgan fingerprint density at radius 2 is 2.05 bits per heavy atom. The fraction of sp³-hybridized carbons (Fsp3) is 0.182. The lowest BCUT2D eigenvalue weighted by atomic mass is 10.3. The van der Waals surface area contributed by atoms with Gasteiger partial charge in [-0.3, -0.25) is 10.1 Å². The Labute approximate surface area is 123 Å². The molecule has 1 heterocycles. The van der Waals surface area contributed by atoms with Crippen molar-refractivity contribution in [1.29, 1.82) is 0 Å². The van der Waals surface area contributed by atoms with Crippen LogP contribution in [0.1, 0.15) is 6.92 Å². The molecule has 0 atom stereocenters. The highest BCUT2D eigenvalue weighted by Crippen LogP contribution is 2.32. The zero-order chi connectivity index (χ0) is 15.4. The first-order valence-corrected chi connectivity index (χ1v) is 6.13. The lowest BCUT2D eigenvalue weighted by Crippen LogP contribution is -2.05. The SMILES string of the molecule is CCOc1nc(N)nc(Oc2cc(Cl)ccc2[N+](=O)[O-])n1. The topological polar surface area (TPSA) is 126 Å². The van der Waals surface area contributed by atoms with Crippen LogP contribution in [-0.2, 0) is 0 Å². The molecule has 1 aromatic carbocycles. The van der Waals surface area contributed by atoms with E-state index < -0.39 is 4.92 Å². The number of benzene rings is 1. The molecule has 2 N–H and O–H groups in total. The summed E-state index contributed by atoms with van der Waals surface area (Å²) in [6, 6.07) is 3.60. The Morgan fingerprint density at radius 1 is 1.33 bits per heavy atom. The molecule has 2 rings (SSSR count). The summed E-state index contributed by atoms with van der Waals surface area (Å²) < 4.78 is 10.4. The van der Waals surface area contributed by atoms with Crippen LogP contribution in [0.5, 0.6) is 17.8 Å². The van der Waals surface area contributed by atoms with Gasteiger partial charge in [-0.25, -0.2) is 0 Å². The number of halogens is 1. The Morgan fingerprint density at radius 3 is 2.71 bits per heavy atom. The minimum absolute atomic E-state index is 0.0373. The van der Waals surface area contributed by atoms with E-state index in [1.54, 1.807) is 6.92 Å². The smallest absolute Gasteiger partial charge is 0.330 e. The van der Waals surface area contributed by atoms with Gasteiger partial charge in [-0.2, -0.15) is 9.97 Å². The minimum atomic E-state index is -0.611. The van der Waals surface area contributed by atoms with Crippen molar-refractivity contribution in [1.82, 2.24) is 15.0 Å². The van der Waals surface area contributed by atoms with Gasteiger partial charge in [0.25, 0.3) is 0 Å². The summed E-state index contributed by atoms with van der Waals surface area (Å²) in [6.45, 7) is 2.06. The molecule has 21 heavy (non-hydrogen) atoms. The Kier molecular flexibility index (Phi) is 4.33. The van der Waals surface area contributed by atoms with Crippen molar-refractivity contribution in [2.24, 2.45) is 0 Å². The number of rotatable bonds is 5. The molecule has 2 aromatic rings. The summed E-state index contributed by atoms with van der Waals surface area (Å²) in [5, 5.41) is 11.2. The van der Waals surface area contributed by atoms with Gasteiger partial charge in [-0.15, -0.1) is 4.98 Å². The summed E-state index contributed by atoms with van der Waals surface area (Å²) in [6.07, 6.45) is 0. The lowest BCUT2D eigenvalue weighted by Gasteiger charge is -2.07. The maximum atomic E-state index is 10.9. The number of hydrogen-bond acceptors (Lipinski definition) is 8. The van der Waals surface area contributed by atoms with Gasteiger partial charge in [0, 0.05) is 17.2 Å². The number of nitrogen functional groups attached to an aromatic ring is 1. The molecule has 0 saturated carbocycles. The van der Waals surface area contributed by atoms with E-state index in [9.17, 15) is 10.1 Å². The molecule has 0 amide bonds. The molecule has 0 spiro atoms. The third-order valence-corrected chi connectivity index (χ3v) is 2.44. The second-order valence-electron chi connectivity index (χ2n) is 3.66. The second-order valence-corrected chi connectivity index (χ2v) is 4.10. The maximum Gasteiger partial charge on any atom is 0.330 e. The molecule has 0 bridgehead atoms. The molecule has 0 fully saturated rings. The van der Waals surface area contributed by atoms with Crippen LogP contribution in [0.15, 0.2) is 18.2 Å². The predicted octanol–water partition coefficient (Wildman–Crippen LogP) is 2.21. The molecule has 0 unspecified atom stereocenters. The van der Waals surface area contributed by atoms with Gasteiger partial charge in [0.05, 0.1) is 11.5 Å².